The highest BCUT2D eigenvalue weighted by atomic mass is 16.5. The van der Waals surface area contributed by atoms with E-state index in [1.54, 1.807) is 25.5 Å². The van der Waals surface area contributed by atoms with Gasteiger partial charge in [-0.25, -0.2) is 10.2 Å². The van der Waals surface area contributed by atoms with Crippen molar-refractivity contribution in [2.45, 2.75) is 32.6 Å². The van der Waals surface area contributed by atoms with E-state index in [0.717, 1.165) is 15.9 Å². The molecule has 0 aliphatic heterocycles. The van der Waals surface area contributed by atoms with Gasteiger partial charge in [0, 0.05) is 14.1 Å². The summed E-state index contributed by atoms with van der Waals surface area (Å²) in [6.07, 6.45) is 0.630. The predicted molar refractivity (Wildman–Crippen MR) is 122 cm³/mol. The topological polar surface area (TPSA) is 125 Å². The zero-order chi connectivity index (χ0) is 23.4. The number of hydrogen-bond acceptors (Lipinski definition) is 8. The molecule has 0 saturated heterocycles. The van der Waals surface area contributed by atoms with Crippen molar-refractivity contribution < 1.29 is 14.6 Å². The van der Waals surface area contributed by atoms with Crippen molar-refractivity contribution in [3.8, 4) is 5.75 Å². The summed E-state index contributed by atoms with van der Waals surface area (Å²) in [5.74, 6) is 0.943. The molecule has 32 heavy (non-hydrogen) atoms. The maximum Gasteiger partial charge on any atom is 0.332 e. The second kappa shape index (κ2) is 9.79. The number of aliphatic hydroxyl groups excluding tert-OH is 1. The lowest BCUT2D eigenvalue weighted by Gasteiger charge is -2.16. The monoisotopic (exact) mass is 444 g/mol. The quantitative estimate of drug-likeness (QED) is 0.367. The number of anilines is 1. The van der Waals surface area contributed by atoms with E-state index in [9.17, 15) is 14.7 Å². The summed E-state index contributed by atoms with van der Waals surface area (Å²) < 4.78 is 14.4. The van der Waals surface area contributed by atoms with E-state index in [-0.39, 0.29) is 36.4 Å². The summed E-state index contributed by atoms with van der Waals surface area (Å²) in [5, 5.41) is 14.7. The highest BCUT2D eigenvalue weighted by Crippen LogP contribution is 2.17. The fourth-order valence-electron chi connectivity index (χ4n) is 3.13. The van der Waals surface area contributed by atoms with Crippen LogP contribution in [-0.2, 0) is 25.4 Å². The van der Waals surface area contributed by atoms with E-state index in [1.807, 2.05) is 26.0 Å². The number of nitrogens with one attached hydrogen (secondary N) is 1. The Bertz CT molecular complexity index is 1220. The van der Waals surface area contributed by atoms with Crippen LogP contribution in [0, 0.1) is 0 Å². The van der Waals surface area contributed by atoms with Gasteiger partial charge in [0.25, 0.3) is 5.56 Å². The molecule has 172 valence electrons. The molecule has 2 aromatic heterocycles. The van der Waals surface area contributed by atoms with Crippen molar-refractivity contribution in [1.82, 2.24) is 18.7 Å². The first-order chi connectivity index (χ1) is 15.2. The Morgan fingerprint density at radius 2 is 1.88 bits per heavy atom. The average Bonchev–Trinajstić information content (AvgIpc) is 3.13. The van der Waals surface area contributed by atoms with Gasteiger partial charge in [-0.15, -0.1) is 0 Å². The summed E-state index contributed by atoms with van der Waals surface area (Å²) in [5.41, 5.74) is 2.99. The molecule has 0 radical (unpaired) electrons. The standard InChI is InChI=1S/C21H28N6O5/c1-13(2)32-12-15(28)11-27-17-18(25(3)21(30)26(4)19(17)29)23-20(27)24-22-10-14-6-8-16(31-5)9-7-14/h6-10,13,15,28H,11-12H2,1-5H3,(H,23,24)/b22-10-/t15-/m1/s1. The highest BCUT2D eigenvalue weighted by molar-refractivity contribution is 5.80. The Labute approximate surface area is 184 Å². The summed E-state index contributed by atoms with van der Waals surface area (Å²) in [6.45, 7) is 3.84. The fraction of sp³-hybridized carbons (Fsp3) is 0.429. The highest BCUT2D eigenvalue weighted by Gasteiger charge is 2.21. The molecule has 0 bridgehead atoms. The number of nitrogens with zero attached hydrogens (tertiary/aromatic N) is 5. The Hall–Kier alpha value is -3.44. The Morgan fingerprint density at radius 1 is 1.19 bits per heavy atom. The number of rotatable bonds is 9. The second-order valence-corrected chi connectivity index (χ2v) is 7.60. The molecule has 0 fully saturated rings. The maximum absolute atomic E-state index is 12.8. The van der Waals surface area contributed by atoms with Crippen molar-refractivity contribution in [2.75, 3.05) is 19.1 Å². The van der Waals surface area contributed by atoms with Gasteiger partial charge < -0.3 is 19.1 Å². The summed E-state index contributed by atoms with van der Waals surface area (Å²) in [6, 6.07) is 7.28. The van der Waals surface area contributed by atoms with E-state index >= 15 is 0 Å². The smallest absolute Gasteiger partial charge is 0.332 e. The van der Waals surface area contributed by atoms with Gasteiger partial charge in [0.15, 0.2) is 11.2 Å². The van der Waals surface area contributed by atoms with E-state index in [1.165, 1.54) is 23.2 Å². The third-order valence-electron chi connectivity index (χ3n) is 4.86. The van der Waals surface area contributed by atoms with Crippen LogP contribution in [0.1, 0.15) is 19.4 Å². The SMILES string of the molecule is COc1ccc(/C=N\Nc2nc3c(c(=O)n(C)c(=O)n3C)n2C[C@@H](O)COC(C)C)cc1. The lowest BCUT2D eigenvalue weighted by atomic mass is 10.2. The maximum atomic E-state index is 12.8. The van der Waals surface area contributed by atoms with Crippen molar-refractivity contribution >= 4 is 23.3 Å². The van der Waals surface area contributed by atoms with Gasteiger partial charge in [-0.3, -0.25) is 13.9 Å². The number of fused-ring (bicyclic) bond motifs is 1. The molecular weight excluding hydrogens is 416 g/mol. The number of hydrazone groups is 1. The van der Waals surface area contributed by atoms with Crippen molar-refractivity contribution in [1.29, 1.82) is 0 Å². The third-order valence-corrected chi connectivity index (χ3v) is 4.86. The predicted octanol–water partition coefficient (Wildman–Crippen LogP) is 0.674. The van der Waals surface area contributed by atoms with E-state index < -0.39 is 17.4 Å². The zero-order valence-corrected chi connectivity index (χ0v) is 18.8. The summed E-state index contributed by atoms with van der Waals surface area (Å²) in [7, 11) is 4.52. The van der Waals surface area contributed by atoms with Crippen molar-refractivity contribution in [3.63, 3.8) is 0 Å². The largest absolute Gasteiger partial charge is 0.497 e. The molecule has 1 aromatic carbocycles. The van der Waals surface area contributed by atoms with Gasteiger partial charge in [0.2, 0.25) is 5.95 Å². The molecule has 0 aliphatic carbocycles. The Kier molecular flexibility index (Phi) is 7.11. The first kappa shape index (κ1) is 23.2. The number of aliphatic hydroxyl groups is 1. The number of aromatic nitrogens is 4. The minimum atomic E-state index is -0.900. The average molecular weight is 444 g/mol. The normalized spacial score (nSPS) is 12.7. The van der Waals surface area contributed by atoms with E-state index in [0.29, 0.717) is 0 Å². The first-order valence-corrected chi connectivity index (χ1v) is 10.1. The molecule has 0 amide bonds. The van der Waals surface area contributed by atoms with Crippen molar-refractivity contribution in [2.24, 2.45) is 19.2 Å². The molecule has 0 saturated carbocycles. The van der Waals surface area contributed by atoms with Gasteiger partial charge in [-0.2, -0.15) is 10.1 Å². The van der Waals surface area contributed by atoms with Gasteiger partial charge in [0.05, 0.1) is 38.7 Å². The Balaban J connectivity index is 1.98. The van der Waals surface area contributed by atoms with Gasteiger partial charge in [0.1, 0.15) is 5.75 Å². The zero-order valence-electron chi connectivity index (χ0n) is 18.8. The van der Waals surface area contributed by atoms with Crippen LogP contribution in [0.4, 0.5) is 5.95 Å². The summed E-state index contributed by atoms with van der Waals surface area (Å²) in [4.78, 5) is 29.6. The van der Waals surface area contributed by atoms with Crippen molar-refractivity contribution in [3.05, 3.63) is 50.7 Å². The van der Waals surface area contributed by atoms with E-state index in [4.69, 9.17) is 9.47 Å². The Morgan fingerprint density at radius 3 is 2.50 bits per heavy atom. The molecule has 2 heterocycles. The lowest BCUT2D eigenvalue weighted by molar-refractivity contribution is -0.000109. The molecule has 3 rings (SSSR count). The fourth-order valence-corrected chi connectivity index (χ4v) is 3.13. The third kappa shape index (κ3) is 4.89. The van der Waals surface area contributed by atoms with Crippen LogP contribution in [-0.4, -0.2) is 55.9 Å². The molecule has 11 nitrogen and oxygen atoms in total. The number of benzene rings is 1. The molecule has 11 heteroatoms. The number of aryl methyl sites for hydroxylation is 1. The number of methoxy groups -OCH3 is 1. The van der Waals surface area contributed by atoms with Crippen LogP contribution in [0.15, 0.2) is 39.0 Å². The van der Waals surface area contributed by atoms with Crippen LogP contribution in [0.3, 0.4) is 0 Å². The minimum absolute atomic E-state index is 0.0249. The van der Waals surface area contributed by atoms with Crippen LogP contribution in [0.5, 0.6) is 5.75 Å². The second-order valence-electron chi connectivity index (χ2n) is 7.60. The van der Waals surface area contributed by atoms with Gasteiger partial charge >= 0.3 is 5.69 Å². The van der Waals surface area contributed by atoms with Gasteiger partial charge in [-0.1, -0.05) is 0 Å². The molecule has 0 unspecified atom stereocenters. The molecule has 2 N–H and O–H groups in total. The molecular formula is C21H28N6O5. The van der Waals surface area contributed by atoms with E-state index in [2.05, 4.69) is 15.5 Å². The lowest BCUT2D eigenvalue weighted by Crippen LogP contribution is -2.38. The van der Waals surface area contributed by atoms with Crippen LogP contribution in [0.2, 0.25) is 0 Å². The van der Waals surface area contributed by atoms with Crippen LogP contribution >= 0.6 is 0 Å². The minimum Gasteiger partial charge on any atom is -0.497 e. The molecule has 0 aliphatic rings. The molecule has 0 spiro atoms. The van der Waals surface area contributed by atoms with Crippen LogP contribution in [0.25, 0.3) is 11.2 Å². The molecule has 1 atom stereocenters. The molecule has 3 aromatic rings. The number of hydrogen-bond donors (Lipinski definition) is 2. The first-order valence-electron chi connectivity index (χ1n) is 10.1. The van der Waals surface area contributed by atoms with Crippen LogP contribution < -0.4 is 21.4 Å². The summed E-state index contributed by atoms with van der Waals surface area (Å²) >= 11 is 0. The number of ether oxygens (including phenoxy) is 2. The number of imidazole rings is 1. The van der Waals surface area contributed by atoms with Gasteiger partial charge in [-0.05, 0) is 43.7 Å².